The zero-order chi connectivity index (χ0) is 8.72. The summed E-state index contributed by atoms with van der Waals surface area (Å²) in [6.07, 6.45) is 0. The van der Waals surface area contributed by atoms with Gasteiger partial charge in [0.05, 0.1) is 10.1 Å². The maximum atomic E-state index is 9.46. The minimum absolute atomic E-state index is 0.230. The van der Waals surface area contributed by atoms with Gasteiger partial charge in [0.1, 0.15) is 11.5 Å². The fourth-order valence-corrected chi connectivity index (χ4v) is 3.05. The summed E-state index contributed by atoms with van der Waals surface area (Å²) in [5.41, 5.74) is 0. The number of thiophene rings is 1. The number of fused-ring (bicyclic) bond motifs is 1. The van der Waals surface area contributed by atoms with Crippen molar-refractivity contribution >= 4 is 44.0 Å². The molecule has 0 saturated carbocycles. The first-order valence-electron chi connectivity index (χ1n) is 3.28. The van der Waals surface area contributed by atoms with Crippen molar-refractivity contribution in [3.63, 3.8) is 0 Å². The van der Waals surface area contributed by atoms with E-state index in [0.717, 1.165) is 13.7 Å². The lowest BCUT2D eigenvalue weighted by atomic mass is 10.2. The average Bonchev–Trinajstić information content (AvgIpc) is 2.42. The first kappa shape index (κ1) is 8.12. The summed E-state index contributed by atoms with van der Waals surface area (Å²) in [4.78, 5) is 0. The van der Waals surface area contributed by atoms with Crippen LogP contribution in [0.2, 0.25) is 0 Å². The molecule has 0 aliphatic carbocycles. The lowest BCUT2D eigenvalue weighted by Crippen LogP contribution is -1.70. The largest absolute Gasteiger partial charge is 0.507 e. The van der Waals surface area contributed by atoms with E-state index in [4.69, 9.17) is 0 Å². The van der Waals surface area contributed by atoms with Gasteiger partial charge >= 0.3 is 0 Å². The highest BCUT2D eigenvalue weighted by Crippen LogP contribution is 2.39. The van der Waals surface area contributed by atoms with Crippen molar-refractivity contribution in [1.82, 2.24) is 0 Å². The maximum absolute atomic E-state index is 9.46. The molecule has 0 bridgehead atoms. The molecule has 2 N–H and O–H groups in total. The van der Waals surface area contributed by atoms with E-state index < -0.39 is 0 Å². The molecule has 0 unspecified atom stereocenters. The van der Waals surface area contributed by atoms with Crippen LogP contribution in [0.25, 0.3) is 10.1 Å². The number of benzene rings is 1. The van der Waals surface area contributed by atoms with E-state index in [1.807, 2.05) is 5.38 Å². The quantitative estimate of drug-likeness (QED) is 0.579. The molecular formula is C8H5IO2S. The SMILES string of the molecule is Oc1ccc(O)c2c(I)csc12. The Labute approximate surface area is 86.6 Å². The summed E-state index contributed by atoms with van der Waals surface area (Å²) >= 11 is 3.57. The molecule has 1 aromatic heterocycles. The predicted molar refractivity (Wildman–Crippen MR) is 57.9 cm³/mol. The fourth-order valence-electron chi connectivity index (χ4n) is 1.08. The molecule has 1 heterocycles. The van der Waals surface area contributed by atoms with Crippen molar-refractivity contribution in [2.45, 2.75) is 0 Å². The molecule has 0 fully saturated rings. The van der Waals surface area contributed by atoms with E-state index in [9.17, 15) is 10.2 Å². The van der Waals surface area contributed by atoms with Crippen molar-refractivity contribution in [1.29, 1.82) is 0 Å². The van der Waals surface area contributed by atoms with Crippen LogP contribution < -0.4 is 0 Å². The van der Waals surface area contributed by atoms with Gasteiger partial charge in [-0.3, -0.25) is 0 Å². The second-order valence-electron chi connectivity index (χ2n) is 2.39. The topological polar surface area (TPSA) is 40.5 Å². The summed E-state index contributed by atoms with van der Waals surface area (Å²) in [6.45, 7) is 0. The summed E-state index contributed by atoms with van der Waals surface area (Å²) in [7, 11) is 0. The molecule has 2 nitrogen and oxygen atoms in total. The van der Waals surface area contributed by atoms with E-state index >= 15 is 0 Å². The van der Waals surface area contributed by atoms with Gasteiger partial charge in [0.15, 0.2) is 0 Å². The second-order valence-corrected chi connectivity index (χ2v) is 4.43. The van der Waals surface area contributed by atoms with E-state index in [1.54, 1.807) is 0 Å². The molecule has 0 aliphatic heterocycles. The highest BCUT2D eigenvalue weighted by molar-refractivity contribution is 14.1. The summed E-state index contributed by atoms with van der Waals surface area (Å²) in [6, 6.07) is 3.01. The van der Waals surface area contributed by atoms with Crippen molar-refractivity contribution in [3.05, 3.63) is 21.1 Å². The van der Waals surface area contributed by atoms with Gasteiger partial charge in [0, 0.05) is 8.95 Å². The molecule has 0 saturated heterocycles. The Bertz CT molecular complexity index is 436. The van der Waals surface area contributed by atoms with Gasteiger partial charge in [-0.05, 0) is 34.7 Å². The molecule has 12 heavy (non-hydrogen) atoms. The minimum atomic E-state index is 0.230. The molecule has 0 amide bonds. The van der Waals surface area contributed by atoms with Gasteiger partial charge in [0.2, 0.25) is 0 Å². The lowest BCUT2D eigenvalue weighted by Gasteiger charge is -1.97. The van der Waals surface area contributed by atoms with Crippen molar-refractivity contribution in [2.75, 3.05) is 0 Å². The van der Waals surface area contributed by atoms with Crippen molar-refractivity contribution < 1.29 is 10.2 Å². The third-order valence-electron chi connectivity index (χ3n) is 1.63. The predicted octanol–water partition coefficient (Wildman–Crippen LogP) is 2.92. The van der Waals surface area contributed by atoms with E-state index in [-0.39, 0.29) is 11.5 Å². The van der Waals surface area contributed by atoms with Crippen molar-refractivity contribution in [2.24, 2.45) is 0 Å². The fraction of sp³-hybridized carbons (Fsp3) is 0. The molecule has 0 aliphatic rings. The number of aromatic hydroxyl groups is 2. The van der Waals surface area contributed by atoms with Gasteiger partial charge in [-0.2, -0.15) is 0 Å². The zero-order valence-corrected chi connectivity index (χ0v) is 8.89. The van der Waals surface area contributed by atoms with Crippen molar-refractivity contribution in [3.8, 4) is 11.5 Å². The van der Waals surface area contributed by atoms with Gasteiger partial charge < -0.3 is 10.2 Å². The third kappa shape index (κ3) is 1.06. The number of phenols is 2. The molecular weight excluding hydrogens is 287 g/mol. The summed E-state index contributed by atoms with van der Waals surface area (Å²) in [5.74, 6) is 0.462. The molecule has 2 rings (SSSR count). The molecule has 1 aromatic carbocycles. The average molecular weight is 292 g/mol. The summed E-state index contributed by atoms with van der Waals surface area (Å²) in [5, 5.41) is 21.5. The van der Waals surface area contributed by atoms with Crippen LogP contribution in [-0.2, 0) is 0 Å². The first-order chi connectivity index (χ1) is 5.70. The maximum Gasteiger partial charge on any atom is 0.133 e. The van der Waals surface area contributed by atoms with Crippen LogP contribution in [0, 0.1) is 3.57 Å². The molecule has 62 valence electrons. The van der Waals surface area contributed by atoms with Crippen LogP contribution in [0.15, 0.2) is 17.5 Å². The molecule has 0 spiro atoms. The Balaban J connectivity index is 2.98. The third-order valence-corrected chi connectivity index (χ3v) is 3.91. The van der Waals surface area contributed by atoms with Crippen LogP contribution in [0.5, 0.6) is 11.5 Å². The van der Waals surface area contributed by atoms with Gasteiger partial charge in [0.25, 0.3) is 0 Å². The Morgan fingerprint density at radius 3 is 2.50 bits per heavy atom. The molecule has 0 radical (unpaired) electrons. The van der Waals surface area contributed by atoms with E-state index in [1.165, 1.54) is 23.5 Å². The van der Waals surface area contributed by atoms with Gasteiger partial charge in [-0.25, -0.2) is 0 Å². The number of hydrogen-bond acceptors (Lipinski definition) is 3. The first-order valence-corrected chi connectivity index (χ1v) is 5.23. The van der Waals surface area contributed by atoms with Gasteiger partial charge in [-0.1, -0.05) is 0 Å². The highest BCUT2D eigenvalue weighted by Gasteiger charge is 2.09. The monoisotopic (exact) mass is 292 g/mol. The number of phenolic OH excluding ortho intramolecular Hbond substituents is 2. The van der Waals surface area contributed by atoms with Crippen LogP contribution in [-0.4, -0.2) is 10.2 Å². The molecule has 4 heteroatoms. The molecule has 2 aromatic rings. The normalized spacial score (nSPS) is 10.8. The standard InChI is InChI=1S/C8H5IO2S/c9-4-3-12-8-6(11)2-1-5(10)7(4)8/h1-3,10-11H. The summed E-state index contributed by atoms with van der Waals surface area (Å²) < 4.78 is 1.72. The number of hydrogen-bond donors (Lipinski definition) is 2. The smallest absolute Gasteiger partial charge is 0.133 e. The van der Waals surface area contributed by atoms with Crippen LogP contribution in [0.3, 0.4) is 0 Å². The van der Waals surface area contributed by atoms with Gasteiger partial charge in [-0.15, -0.1) is 11.3 Å². The highest BCUT2D eigenvalue weighted by atomic mass is 127. The Morgan fingerprint density at radius 1 is 1.17 bits per heavy atom. The Hall–Kier alpha value is -0.490. The van der Waals surface area contributed by atoms with E-state index in [0.29, 0.717) is 0 Å². The molecule has 0 atom stereocenters. The second kappa shape index (κ2) is 2.77. The van der Waals surface area contributed by atoms with Crippen LogP contribution in [0.4, 0.5) is 0 Å². The minimum Gasteiger partial charge on any atom is -0.507 e. The Morgan fingerprint density at radius 2 is 1.83 bits per heavy atom. The number of rotatable bonds is 0. The Kier molecular flexibility index (Phi) is 1.88. The van der Waals surface area contributed by atoms with E-state index in [2.05, 4.69) is 22.6 Å². The lowest BCUT2D eigenvalue weighted by molar-refractivity contribution is 0.470. The number of halogens is 1. The van der Waals surface area contributed by atoms with Crippen LogP contribution in [0.1, 0.15) is 0 Å². The van der Waals surface area contributed by atoms with Crippen LogP contribution >= 0.6 is 33.9 Å². The zero-order valence-electron chi connectivity index (χ0n) is 5.91.